The van der Waals surface area contributed by atoms with Crippen molar-refractivity contribution in [3.63, 3.8) is 0 Å². The van der Waals surface area contributed by atoms with E-state index in [1.54, 1.807) is 0 Å². The molecule has 0 aliphatic carbocycles. The largest absolute Gasteiger partial charge is 0.246 e. The van der Waals surface area contributed by atoms with Gasteiger partial charge in [-0.2, -0.15) is 4.31 Å². The van der Waals surface area contributed by atoms with Crippen molar-refractivity contribution in [2.45, 2.75) is 17.7 Å². The highest BCUT2D eigenvalue weighted by Crippen LogP contribution is 2.25. The lowest BCUT2D eigenvalue weighted by Gasteiger charge is -2.32. The molecular weight excluding hydrogens is 362 g/mol. The first-order valence-corrected chi connectivity index (χ1v) is 10.2. The van der Waals surface area contributed by atoms with Gasteiger partial charge in [0.05, 0.1) is 0 Å². The minimum atomic E-state index is -4.19. The lowest BCUT2D eigenvalue weighted by molar-refractivity contribution is 0.266. The van der Waals surface area contributed by atoms with Gasteiger partial charge in [-0.05, 0) is 37.0 Å². The summed E-state index contributed by atoms with van der Waals surface area (Å²) < 4.78 is 78.2. The fourth-order valence-corrected chi connectivity index (χ4v) is 4.74. The first-order chi connectivity index (χ1) is 11.2. The quantitative estimate of drug-likeness (QED) is 0.809. The fraction of sp³-hybridized carbons (Fsp3) is 0.429. The Hall–Kier alpha value is -1.36. The highest BCUT2D eigenvalue weighted by Gasteiger charge is 2.32. The van der Waals surface area contributed by atoms with E-state index in [2.05, 4.69) is 11.3 Å². The summed E-state index contributed by atoms with van der Waals surface area (Å²) in [6.45, 7) is 3.42. The van der Waals surface area contributed by atoms with Gasteiger partial charge in [0, 0.05) is 25.0 Å². The maximum Gasteiger partial charge on any atom is 0.246 e. The van der Waals surface area contributed by atoms with Crippen molar-refractivity contribution in [2.75, 3.05) is 19.6 Å². The summed E-state index contributed by atoms with van der Waals surface area (Å²) in [5, 5.41) is 0.770. The molecular formula is C14H18F2N2O4S2. The Labute approximate surface area is 140 Å². The zero-order chi connectivity index (χ0) is 18.0. The van der Waals surface area contributed by atoms with Gasteiger partial charge in [0.15, 0.2) is 0 Å². The number of sulfonamides is 2. The molecule has 6 nitrogen and oxygen atoms in total. The molecule has 1 aliphatic rings. The summed E-state index contributed by atoms with van der Waals surface area (Å²) in [6, 6.07) is 2.26. The van der Waals surface area contributed by atoms with Crippen molar-refractivity contribution in [1.82, 2.24) is 9.03 Å². The summed E-state index contributed by atoms with van der Waals surface area (Å²) in [4.78, 5) is -0.713. The van der Waals surface area contributed by atoms with Gasteiger partial charge in [-0.3, -0.25) is 0 Å². The smallest absolute Gasteiger partial charge is 0.211 e. The molecule has 1 heterocycles. The number of nitrogens with one attached hydrogen (secondary N) is 1. The molecule has 24 heavy (non-hydrogen) atoms. The third kappa shape index (κ3) is 4.38. The van der Waals surface area contributed by atoms with Crippen LogP contribution in [-0.4, -0.2) is 40.8 Å². The fourth-order valence-electron chi connectivity index (χ4n) is 2.52. The minimum absolute atomic E-state index is 0.0257. The van der Waals surface area contributed by atoms with Crippen molar-refractivity contribution < 1.29 is 25.6 Å². The van der Waals surface area contributed by atoms with Gasteiger partial charge in [-0.25, -0.2) is 30.3 Å². The summed E-state index contributed by atoms with van der Waals surface area (Å²) >= 11 is 0. The number of benzene rings is 1. The SMILES string of the molecule is C=CS(=O)(=O)NC[C@H]1CCCN(S(=O)(=O)c2cc(F)ccc2F)C1. The predicted octanol–water partition coefficient (Wildman–Crippen LogP) is 1.43. The molecule has 1 aromatic rings. The van der Waals surface area contributed by atoms with E-state index in [1.807, 2.05) is 0 Å². The number of rotatable bonds is 6. The van der Waals surface area contributed by atoms with Crippen LogP contribution in [0, 0.1) is 17.6 Å². The van der Waals surface area contributed by atoms with Crippen LogP contribution in [0.25, 0.3) is 0 Å². The first-order valence-electron chi connectivity index (χ1n) is 7.23. The Balaban J connectivity index is 2.16. The normalized spacial score (nSPS) is 20.0. The molecule has 1 saturated heterocycles. The molecule has 0 aromatic heterocycles. The lowest BCUT2D eigenvalue weighted by Crippen LogP contribution is -2.43. The molecule has 1 aliphatic heterocycles. The van der Waals surface area contributed by atoms with E-state index >= 15 is 0 Å². The van der Waals surface area contributed by atoms with Gasteiger partial charge in [0.1, 0.15) is 16.5 Å². The van der Waals surface area contributed by atoms with Crippen molar-refractivity contribution in [2.24, 2.45) is 5.92 Å². The van der Waals surface area contributed by atoms with Crippen LogP contribution in [0.3, 0.4) is 0 Å². The topological polar surface area (TPSA) is 83.6 Å². The van der Waals surface area contributed by atoms with Crippen LogP contribution in [0.4, 0.5) is 8.78 Å². The third-order valence-corrected chi connectivity index (χ3v) is 6.67. The summed E-state index contributed by atoms with van der Waals surface area (Å²) in [7, 11) is -7.79. The highest BCUT2D eigenvalue weighted by molar-refractivity contribution is 7.92. The number of nitrogens with zero attached hydrogens (tertiary/aromatic N) is 1. The minimum Gasteiger partial charge on any atom is -0.211 e. The Morgan fingerprint density at radius 2 is 2.00 bits per heavy atom. The van der Waals surface area contributed by atoms with Crippen LogP contribution < -0.4 is 4.72 Å². The van der Waals surface area contributed by atoms with E-state index in [9.17, 15) is 25.6 Å². The molecule has 1 fully saturated rings. The molecule has 0 radical (unpaired) electrons. The number of hydrogen-bond donors (Lipinski definition) is 1. The van der Waals surface area contributed by atoms with Crippen LogP contribution in [0.15, 0.2) is 35.1 Å². The van der Waals surface area contributed by atoms with Gasteiger partial charge in [0.25, 0.3) is 0 Å². The van der Waals surface area contributed by atoms with E-state index in [0.717, 1.165) is 21.8 Å². The molecule has 10 heteroatoms. The van der Waals surface area contributed by atoms with Gasteiger partial charge >= 0.3 is 0 Å². The molecule has 0 saturated carbocycles. The van der Waals surface area contributed by atoms with Crippen LogP contribution in [0.1, 0.15) is 12.8 Å². The zero-order valence-electron chi connectivity index (χ0n) is 12.8. The lowest BCUT2D eigenvalue weighted by atomic mass is 10.0. The molecule has 1 N–H and O–H groups in total. The van der Waals surface area contributed by atoms with Gasteiger partial charge in [-0.15, -0.1) is 0 Å². The number of hydrogen-bond acceptors (Lipinski definition) is 4. The standard InChI is InChI=1S/C14H18F2N2O4S2/c1-2-23(19,20)17-9-11-4-3-7-18(10-11)24(21,22)14-8-12(15)5-6-13(14)16/h2,5-6,8,11,17H,1,3-4,7,9-10H2/t11-/m1/s1. The molecule has 0 spiro atoms. The van der Waals surface area contributed by atoms with E-state index in [0.29, 0.717) is 18.9 Å². The van der Waals surface area contributed by atoms with Crippen molar-refractivity contribution in [3.05, 3.63) is 41.8 Å². The van der Waals surface area contributed by atoms with Crippen LogP contribution in [0.5, 0.6) is 0 Å². The maximum atomic E-state index is 13.8. The molecule has 2 rings (SSSR count). The second-order valence-electron chi connectivity index (χ2n) is 5.51. The van der Waals surface area contributed by atoms with Crippen molar-refractivity contribution in [3.8, 4) is 0 Å². The average Bonchev–Trinajstić information content (AvgIpc) is 2.55. The van der Waals surface area contributed by atoms with E-state index < -0.39 is 36.6 Å². The third-order valence-electron chi connectivity index (χ3n) is 3.79. The molecule has 1 atom stereocenters. The number of halogens is 2. The van der Waals surface area contributed by atoms with Gasteiger partial charge in [-0.1, -0.05) is 6.58 Å². The average molecular weight is 380 g/mol. The second kappa shape index (κ2) is 7.26. The first kappa shape index (κ1) is 19.0. The molecule has 134 valence electrons. The van der Waals surface area contributed by atoms with Crippen LogP contribution >= 0.6 is 0 Å². The van der Waals surface area contributed by atoms with Crippen LogP contribution in [-0.2, 0) is 20.0 Å². The van der Waals surface area contributed by atoms with Crippen molar-refractivity contribution >= 4 is 20.0 Å². The Morgan fingerprint density at radius 3 is 2.67 bits per heavy atom. The van der Waals surface area contributed by atoms with E-state index in [-0.39, 0.29) is 25.6 Å². The zero-order valence-corrected chi connectivity index (χ0v) is 14.4. The summed E-state index contributed by atoms with van der Waals surface area (Å²) in [5.41, 5.74) is 0. The van der Waals surface area contributed by atoms with Crippen LogP contribution in [0.2, 0.25) is 0 Å². The Kier molecular flexibility index (Phi) is 5.74. The van der Waals surface area contributed by atoms with E-state index in [1.165, 1.54) is 0 Å². The Bertz CT molecular complexity index is 825. The summed E-state index contributed by atoms with van der Waals surface area (Å²) in [5.74, 6) is -2.13. The van der Waals surface area contributed by atoms with Gasteiger partial charge < -0.3 is 0 Å². The Morgan fingerprint density at radius 1 is 1.29 bits per heavy atom. The number of piperidine rings is 1. The summed E-state index contributed by atoms with van der Waals surface area (Å²) in [6.07, 6.45) is 1.12. The molecule has 1 aromatic carbocycles. The molecule has 0 bridgehead atoms. The molecule has 0 amide bonds. The second-order valence-corrected chi connectivity index (χ2v) is 9.12. The van der Waals surface area contributed by atoms with Crippen molar-refractivity contribution in [1.29, 1.82) is 0 Å². The predicted molar refractivity (Wildman–Crippen MR) is 85.0 cm³/mol. The van der Waals surface area contributed by atoms with E-state index in [4.69, 9.17) is 0 Å². The molecule has 0 unspecified atom stereocenters. The highest BCUT2D eigenvalue weighted by atomic mass is 32.2. The monoisotopic (exact) mass is 380 g/mol. The van der Waals surface area contributed by atoms with Gasteiger partial charge in [0.2, 0.25) is 20.0 Å². The maximum absolute atomic E-state index is 13.8.